The molecule has 0 saturated heterocycles. The first kappa shape index (κ1) is 25.5. The minimum Gasteiger partial charge on any atom is -0.460 e. The standard InChI is InChI=1S/C25H29F3N2O4/c1-15(2)19-10-9-16(3)12-21(19)34-22(31)14-33-24(32)20-8-5-11-29-23(20)30-18-7-4-6-17(13-18)25(26,27)28/h4-8,11,13,15-16,19,21H,9-10,12,14H2,1-3H3,(H,29,30)/t16-,19-,21-/m0/s1. The zero-order valence-electron chi connectivity index (χ0n) is 19.4. The lowest BCUT2D eigenvalue weighted by atomic mass is 9.75. The molecule has 1 saturated carbocycles. The number of anilines is 2. The van der Waals surface area contributed by atoms with Gasteiger partial charge in [-0.05, 0) is 60.9 Å². The Morgan fingerprint density at radius 1 is 1.18 bits per heavy atom. The van der Waals surface area contributed by atoms with E-state index in [2.05, 4.69) is 31.1 Å². The zero-order valence-corrected chi connectivity index (χ0v) is 19.4. The van der Waals surface area contributed by atoms with E-state index in [0.717, 1.165) is 31.4 Å². The van der Waals surface area contributed by atoms with Crippen LogP contribution in [0.1, 0.15) is 56.0 Å². The summed E-state index contributed by atoms with van der Waals surface area (Å²) in [6.07, 6.45) is -0.487. The second-order valence-electron chi connectivity index (χ2n) is 9.03. The van der Waals surface area contributed by atoms with Gasteiger partial charge in [0, 0.05) is 11.9 Å². The summed E-state index contributed by atoms with van der Waals surface area (Å²) >= 11 is 0. The Bertz CT molecular complexity index is 1010. The Labute approximate surface area is 196 Å². The van der Waals surface area contributed by atoms with Gasteiger partial charge < -0.3 is 14.8 Å². The van der Waals surface area contributed by atoms with Crippen LogP contribution in [0.3, 0.4) is 0 Å². The molecule has 9 heteroatoms. The van der Waals surface area contributed by atoms with Crippen molar-refractivity contribution in [3.05, 3.63) is 53.7 Å². The van der Waals surface area contributed by atoms with Crippen molar-refractivity contribution in [1.29, 1.82) is 0 Å². The number of rotatable bonds is 7. The fourth-order valence-corrected chi connectivity index (χ4v) is 4.23. The molecule has 1 heterocycles. The fourth-order valence-electron chi connectivity index (χ4n) is 4.23. The van der Waals surface area contributed by atoms with Crippen LogP contribution in [0.15, 0.2) is 42.6 Å². The fraction of sp³-hybridized carbons (Fsp3) is 0.480. The van der Waals surface area contributed by atoms with Crippen LogP contribution in [-0.2, 0) is 20.4 Å². The molecule has 3 rings (SSSR count). The number of aromatic nitrogens is 1. The van der Waals surface area contributed by atoms with Gasteiger partial charge in [0.15, 0.2) is 6.61 Å². The van der Waals surface area contributed by atoms with Crippen LogP contribution in [0.5, 0.6) is 0 Å². The van der Waals surface area contributed by atoms with E-state index >= 15 is 0 Å². The molecule has 1 fully saturated rings. The molecule has 1 aromatic carbocycles. The number of carbonyl (C=O) groups excluding carboxylic acids is 2. The lowest BCUT2D eigenvalue weighted by molar-refractivity contribution is -0.159. The molecule has 1 aromatic heterocycles. The van der Waals surface area contributed by atoms with E-state index in [1.807, 2.05) is 0 Å². The highest BCUT2D eigenvalue weighted by Crippen LogP contribution is 2.35. The largest absolute Gasteiger partial charge is 0.460 e. The summed E-state index contributed by atoms with van der Waals surface area (Å²) in [6, 6.07) is 7.43. The molecule has 184 valence electrons. The number of nitrogens with zero attached hydrogens (tertiary/aromatic N) is 1. The van der Waals surface area contributed by atoms with Gasteiger partial charge >= 0.3 is 18.1 Å². The molecule has 1 aliphatic rings. The van der Waals surface area contributed by atoms with E-state index in [4.69, 9.17) is 9.47 Å². The van der Waals surface area contributed by atoms with Crippen molar-refractivity contribution in [3.8, 4) is 0 Å². The number of benzene rings is 1. The van der Waals surface area contributed by atoms with E-state index in [0.29, 0.717) is 11.8 Å². The third-order valence-electron chi connectivity index (χ3n) is 6.05. The van der Waals surface area contributed by atoms with Crippen LogP contribution >= 0.6 is 0 Å². The van der Waals surface area contributed by atoms with Crippen molar-refractivity contribution in [3.63, 3.8) is 0 Å². The Morgan fingerprint density at radius 3 is 2.65 bits per heavy atom. The third-order valence-corrected chi connectivity index (χ3v) is 6.05. The maximum Gasteiger partial charge on any atom is 0.416 e. The van der Waals surface area contributed by atoms with Gasteiger partial charge in [-0.2, -0.15) is 13.2 Å². The first-order valence-electron chi connectivity index (χ1n) is 11.3. The number of esters is 2. The molecule has 34 heavy (non-hydrogen) atoms. The zero-order chi connectivity index (χ0) is 24.9. The number of carbonyl (C=O) groups is 2. The lowest BCUT2D eigenvalue weighted by Crippen LogP contribution is -2.36. The molecule has 0 bridgehead atoms. The first-order chi connectivity index (χ1) is 16.0. The van der Waals surface area contributed by atoms with Crippen LogP contribution in [0.2, 0.25) is 0 Å². The van der Waals surface area contributed by atoms with E-state index < -0.39 is 30.3 Å². The molecule has 0 aliphatic heterocycles. The summed E-state index contributed by atoms with van der Waals surface area (Å²) in [5, 5.41) is 2.71. The van der Waals surface area contributed by atoms with Gasteiger partial charge in [0.25, 0.3) is 0 Å². The van der Waals surface area contributed by atoms with E-state index in [-0.39, 0.29) is 29.1 Å². The van der Waals surface area contributed by atoms with Gasteiger partial charge in [-0.25, -0.2) is 14.6 Å². The Kier molecular flexibility index (Phi) is 8.17. The van der Waals surface area contributed by atoms with E-state index in [1.54, 1.807) is 0 Å². The van der Waals surface area contributed by atoms with Crippen molar-refractivity contribution < 1.29 is 32.2 Å². The average Bonchev–Trinajstić information content (AvgIpc) is 2.77. The number of hydrogen-bond acceptors (Lipinski definition) is 6. The maximum absolute atomic E-state index is 13.0. The summed E-state index contributed by atoms with van der Waals surface area (Å²) in [5.74, 6) is -0.368. The predicted molar refractivity (Wildman–Crippen MR) is 120 cm³/mol. The van der Waals surface area contributed by atoms with Crippen LogP contribution in [0.4, 0.5) is 24.7 Å². The van der Waals surface area contributed by atoms with Gasteiger partial charge in [-0.1, -0.05) is 33.3 Å². The number of hydrogen-bond donors (Lipinski definition) is 1. The van der Waals surface area contributed by atoms with Crippen molar-refractivity contribution in [2.24, 2.45) is 17.8 Å². The highest BCUT2D eigenvalue weighted by molar-refractivity contribution is 5.96. The second-order valence-corrected chi connectivity index (χ2v) is 9.03. The number of nitrogens with one attached hydrogen (secondary N) is 1. The molecule has 1 aliphatic carbocycles. The highest BCUT2D eigenvalue weighted by Gasteiger charge is 2.34. The third kappa shape index (κ3) is 6.71. The minimum atomic E-state index is -4.51. The minimum absolute atomic E-state index is 0.0148. The molecule has 0 spiro atoms. The number of ether oxygens (including phenoxy) is 2. The highest BCUT2D eigenvalue weighted by atomic mass is 19.4. The molecule has 1 N–H and O–H groups in total. The maximum atomic E-state index is 13.0. The monoisotopic (exact) mass is 478 g/mol. The summed E-state index contributed by atoms with van der Waals surface area (Å²) in [7, 11) is 0. The van der Waals surface area contributed by atoms with Crippen LogP contribution in [0, 0.1) is 17.8 Å². The van der Waals surface area contributed by atoms with E-state index in [1.165, 1.54) is 30.5 Å². The van der Waals surface area contributed by atoms with Crippen molar-refractivity contribution in [1.82, 2.24) is 4.98 Å². The first-order valence-corrected chi connectivity index (χ1v) is 11.3. The van der Waals surface area contributed by atoms with Gasteiger partial charge in [-0.3, -0.25) is 0 Å². The predicted octanol–water partition coefficient (Wildman–Crippen LogP) is 6.00. The Morgan fingerprint density at radius 2 is 1.94 bits per heavy atom. The number of alkyl halides is 3. The van der Waals surface area contributed by atoms with Gasteiger partial charge in [-0.15, -0.1) is 0 Å². The van der Waals surface area contributed by atoms with Crippen molar-refractivity contribution in [2.45, 2.75) is 52.3 Å². The van der Waals surface area contributed by atoms with Gasteiger partial charge in [0.05, 0.1) is 5.56 Å². The molecule has 0 radical (unpaired) electrons. The van der Waals surface area contributed by atoms with Gasteiger partial charge in [0.2, 0.25) is 0 Å². The van der Waals surface area contributed by atoms with Crippen LogP contribution in [-0.4, -0.2) is 29.6 Å². The molecular weight excluding hydrogens is 449 g/mol. The summed E-state index contributed by atoms with van der Waals surface area (Å²) in [5.41, 5.74) is -0.746. The average molecular weight is 479 g/mol. The molecule has 0 amide bonds. The Hall–Kier alpha value is -3.10. The molecule has 0 unspecified atom stereocenters. The molecule has 3 atom stereocenters. The molecular formula is C25H29F3N2O4. The van der Waals surface area contributed by atoms with Crippen molar-refractivity contribution in [2.75, 3.05) is 11.9 Å². The quantitative estimate of drug-likeness (QED) is 0.492. The molecule has 2 aromatic rings. The lowest BCUT2D eigenvalue weighted by Gasteiger charge is -2.36. The van der Waals surface area contributed by atoms with Crippen LogP contribution in [0.25, 0.3) is 0 Å². The molecule has 6 nitrogen and oxygen atoms in total. The normalized spacial score (nSPS) is 20.6. The summed E-state index contributed by atoms with van der Waals surface area (Å²) < 4.78 is 49.7. The SMILES string of the molecule is CC(C)[C@@H]1CC[C@H](C)C[C@@H]1OC(=O)COC(=O)c1cccnc1Nc1cccc(C(F)(F)F)c1. The summed E-state index contributed by atoms with van der Waals surface area (Å²) in [6.45, 7) is 5.76. The van der Waals surface area contributed by atoms with Crippen LogP contribution < -0.4 is 5.32 Å². The topological polar surface area (TPSA) is 77.5 Å². The summed E-state index contributed by atoms with van der Waals surface area (Å²) in [4.78, 5) is 29.0. The van der Waals surface area contributed by atoms with Crippen molar-refractivity contribution >= 4 is 23.4 Å². The van der Waals surface area contributed by atoms with Gasteiger partial charge in [0.1, 0.15) is 17.5 Å². The Balaban J connectivity index is 1.63. The smallest absolute Gasteiger partial charge is 0.416 e. The van der Waals surface area contributed by atoms with E-state index in [9.17, 15) is 22.8 Å². The second kappa shape index (κ2) is 10.9. The number of halogens is 3. The number of pyridine rings is 1.